The van der Waals surface area contributed by atoms with Gasteiger partial charge in [-0.1, -0.05) is 6.92 Å². The summed E-state index contributed by atoms with van der Waals surface area (Å²) in [7, 11) is 2.88. The van der Waals surface area contributed by atoms with Gasteiger partial charge < -0.3 is 4.74 Å². The molecule has 0 saturated carbocycles. The molecular formula is C6H13NO3. The van der Waals surface area contributed by atoms with Gasteiger partial charge in [-0.25, -0.2) is 5.48 Å². The maximum atomic E-state index is 10.8. The lowest BCUT2D eigenvalue weighted by Crippen LogP contribution is -2.34. The van der Waals surface area contributed by atoms with Gasteiger partial charge in [0.05, 0.1) is 7.11 Å². The molecule has 0 rings (SSSR count). The Balaban J connectivity index is 3.65. The molecule has 4 nitrogen and oxygen atoms in total. The number of hydrogen-bond donors (Lipinski definition) is 1. The Bertz CT molecular complexity index is 101. The van der Waals surface area contributed by atoms with Gasteiger partial charge >= 0.3 is 0 Å². The van der Waals surface area contributed by atoms with E-state index >= 15 is 0 Å². The van der Waals surface area contributed by atoms with E-state index in [1.54, 1.807) is 0 Å². The van der Waals surface area contributed by atoms with Crippen LogP contribution in [0.15, 0.2) is 0 Å². The fourth-order valence-electron chi connectivity index (χ4n) is 0.625. The van der Waals surface area contributed by atoms with Crippen LogP contribution >= 0.6 is 0 Å². The van der Waals surface area contributed by atoms with E-state index in [0.29, 0.717) is 6.42 Å². The molecule has 0 spiro atoms. The number of hydroxylamine groups is 1. The molecular weight excluding hydrogens is 134 g/mol. The third kappa shape index (κ3) is 2.80. The highest BCUT2D eigenvalue weighted by Crippen LogP contribution is 1.94. The third-order valence-electron chi connectivity index (χ3n) is 1.15. The minimum absolute atomic E-state index is 0.243. The Morgan fingerprint density at radius 2 is 2.20 bits per heavy atom. The Hall–Kier alpha value is -0.610. The zero-order chi connectivity index (χ0) is 7.98. The number of methoxy groups -OCH3 is 1. The highest BCUT2D eigenvalue weighted by molar-refractivity contribution is 5.79. The van der Waals surface area contributed by atoms with Crippen molar-refractivity contribution in [3.63, 3.8) is 0 Å². The van der Waals surface area contributed by atoms with E-state index in [1.165, 1.54) is 14.2 Å². The average molecular weight is 147 g/mol. The fourth-order valence-corrected chi connectivity index (χ4v) is 0.625. The van der Waals surface area contributed by atoms with Gasteiger partial charge in [-0.15, -0.1) is 0 Å². The van der Waals surface area contributed by atoms with Crippen molar-refractivity contribution < 1.29 is 14.4 Å². The van der Waals surface area contributed by atoms with E-state index in [9.17, 15) is 4.79 Å². The summed E-state index contributed by atoms with van der Waals surface area (Å²) in [6, 6.07) is 0. The first kappa shape index (κ1) is 9.39. The molecule has 1 unspecified atom stereocenters. The van der Waals surface area contributed by atoms with E-state index < -0.39 is 6.10 Å². The Morgan fingerprint density at radius 1 is 1.60 bits per heavy atom. The molecule has 0 aliphatic rings. The van der Waals surface area contributed by atoms with Crippen molar-refractivity contribution in [3.8, 4) is 0 Å². The molecule has 1 atom stereocenters. The van der Waals surface area contributed by atoms with Gasteiger partial charge in [-0.3, -0.25) is 9.63 Å². The lowest BCUT2D eigenvalue weighted by Gasteiger charge is -2.10. The van der Waals surface area contributed by atoms with E-state index in [4.69, 9.17) is 4.74 Å². The lowest BCUT2D eigenvalue weighted by atomic mass is 10.3. The van der Waals surface area contributed by atoms with Gasteiger partial charge in [0, 0.05) is 7.11 Å². The van der Waals surface area contributed by atoms with Crippen LogP contribution in [-0.2, 0) is 14.4 Å². The molecule has 0 fully saturated rings. The first-order chi connectivity index (χ1) is 4.76. The predicted molar refractivity (Wildman–Crippen MR) is 36.2 cm³/mol. The molecule has 0 heterocycles. The molecule has 4 heteroatoms. The van der Waals surface area contributed by atoms with Crippen LogP contribution in [0.2, 0.25) is 0 Å². The first-order valence-electron chi connectivity index (χ1n) is 3.11. The maximum Gasteiger partial charge on any atom is 0.272 e. The van der Waals surface area contributed by atoms with Crippen LogP contribution in [0.25, 0.3) is 0 Å². The van der Waals surface area contributed by atoms with Gasteiger partial charge in [0.1, 0.15) is 6.10 Å². The van der Waals surface area contributed by atoms with Gasteiger partial charge in [-0.2, -0.15) is 0 Å². The molecule has 1 N–H and O–H groups in total. The van der Waals surface area contributed by atoms with Crippen molar-refractivity contribution in [2.45, 2.75) is 19.4 Å². The van der Waals surface area contributed by atoms with Crippen molar-refractivity contribution in [2.24, 2.45) is 0 Å². The topological polar surface area (TPSA) is 47.6 Å². The van der Waals surface area contributed by atoms with Crippen LogP contribution in [0.1, 0.15) is 13.3 Å². The van der Waals surface area contributed by atoms with Crippen molar-refractivity contribution in [3.05, 3.63) is 0 Å². The standard InChI is InChI=1S/C6H13NO3/c1-4-5(9-2)6(8)7-10-3/h5H,4H2,1-3H3,(H,7,8). The van der Waals surface area contributed by atoms with Gasteiger partial charge in [-0.05, 0) is 6.42 Å². The van der Waals surface area contributed by atoms with Crippen LogP contribution < -0.4 is 5.48 Å². The zero-order valence-electron chi connectivity index (χ0n) is 6.51. The minimum Gasteiger partial charge on any atom is -0.372 e. The minimum atomic E-state index is -0.403. The highest BCUT2D eigenvalue weighted by Gasteiger charge is 2.13. The van der Waals surface area contributed by atoms with E-state index in [1.807, 2.05) is 6.92 Å². The summed E-state index contributed by atoms with van der Waals surface area (Å²) in [6.07, 6.45) is 0.242. The van der Waals surface area contributed by atoms with Crippen molar-refractivity contribution in [2.75, 3.05) is 14.2 Å². The van der Waals surface area contributed by atoms with Crippen LogP contribution in [0.4, 0.5) is 0 Å². The van der Waals surface area contributed by atoms with Crippen molar-refractivity contribution in [1.82, 2.24) is 5.48 Å². The summed E-state index contributed by atoms with van der Waals surface area (Å²) >= 11 is 0. The molecule has 0 aromatic heterocycles. The number of rotatable bonds is 4. The Kier molecular flexibility index (Phi) is 4.88. The number of carbonyl (C=O) groups is 1. The molecule has 0 aliphatic heterocycles. The van der Waals surface area contributed by atoms with E-state index in [0.717, 1.165) is 0 Å². The second-order valence-corrected chi connectivity index (χ2v) is 1.80. The van der Waals surface area contributed by atoms with E-state index in [2.05, 4.69) is 10.3 Å². The molecule has 10 heavy (non-hydrogen) atoms. The van der Waals surface area contributed by atoms with Crippen LogP contribution in [0.5, 0.6) is 0 Å². The number of amides is 1. The third-order valence-corrected chi connectivity index (χ3v) is 1.15. The summed E-state index contributed by atoms with van der Waals surface area (Å²) in [5.41, 5.74) is 2.18. The highest BCUT2D eigenvalue weighted by atomic mass is 16.6. The maximum absolute atomic E-state index is 10.8. The summed E-state index contributed by atoms with van der Waals surface area (Å²) in [4.78, 5) is 15.3. The monoisotopic (exact) mass is 147 g/mol. The number of carbonyl (C=O) groups excluding carboxylic acids is 1. The summed E-state index contributed by atoms with van der Waals surface area (Å²) < 4.78 is 4.82. The molecule has 0 aromatic rings. The van der Waals surface area contributed by atoms with Crippen LogP contribution in [0, 0.1) is 0 Å². The number of nitrogens with one attached hydrogen (secondary N) is 1. The molecule has 0 radical (unpaired) electrons. The number of ether oxygens (including phenoxy) is 1. The Morgan fingerprint density at radius 3 is 2.50 bits per heavy atom. The normalized spacial score (nSPS) is 12.7. The largest absolute Gasteiger partial charge is 0.372 e. The smallest absolute Gasteiger partial charge is 0.272 e. The van der Waals surface area contributed by atoms with Gasteiger partial charge in [0.2, 0.25) is 0 Å². The Labute approximate surface area is 60.5 Å². The molecule has 0 aromatic carbocycles. The van der Waals surface area contributed by atoms with Gasteiger partial charge in [0.25, 0.3) is 5.91 Å². The second-order valence-electron chi connectivity index (χ2n) is 1.80. The average Bonchev–Trinajstić information content (AvgIpc) is 1.91. The van der Waals surface area contributed by atoms with Crippen LogP contribution in [-0.4, -0.2) is 26.2 Å². The zero-order valence-corrected chi connectivity index (χ0v) is 6.51. The summed E-state index contributed by atoms with van der Waals surface area (Å²) in [6.45, 7) is 1.86. The fraction of sp³-hybridized carbons (Fsp3) is 0.833. The SMILES string of the molecule is CCC(OC)C(=O)NOC. The molecule has 0 saturated heterocycles. The van der Waals surface area contributed by atoms with Crippen LogP contribution in [0.3, 0.4) is 0 Å². The second kappa shape index (κ2) is 5.20. The number of hydrogen-bond acceptors (Lipinski definition) is 3. The predicted octanol–water partition coefficient (Wildman–Crippen LogP) is 0.0890. The molecule has 0 bridgehead atoms. The quantitative estimate of drug-likeness (QED) is 0.573. The van der Waals surface area contributed by atoms with E-state index in [-0.39, 0.29) is 5.91 Å². The summed E-state index contributed by atoms with van der Waals surface area (Å²) in [5.74, 6) is -0.243. The van der Waals surface area contributed by atoms with Gasteiger partial charge in [0.15, 0.2) is 0 Å². The van der Waals surface area contributed by atoms with Crippen molar-refractivity contribution >= 4 is 5.91 Å². The molecule has 0 aliphatic carbocycles. The molecule has 60 valence electrons. The summed E-state index contributed by atoms with van der Waals surface area (Å²) in [5, 5.41) is 0. The first-order valence-corrected chi connectivity index (χ1v) is 3.11. The van der Waals surface area contributed by atoms with Crippen molar-refractivity contribution in [1.29, 1.82) is 0 Å². The lowest BCUT2D eigenvalue weighted by molar-refractivity contribution is -0.141. The molecule has 1 amide bonds.